The molecule has 4 nitrogen and oxygen atoms in total. The molecule has 0 aromatic heterocycles. The van der Waals surface area contributed by atoms with Crippen molar-refractivity contribution in [1.82, 2.24) is 10.2 Å². The van der Waals surface area contributed by atoms with Gasteiger partial charge in [-0.2, -0.15) is 0 Å². The highest BCUT2D eigenvalue weighted by atomic mass is 16.3. The molecular formula is C24H36N2O2. The fraction of sp³-hybridized carbons (Fsp3) is 0.583. The van der Waals surface area contributed by atoms with Crippen molar-refractivity contribution in [1.29, 1.82) is 0 Å². The smallest absolute Gasteiger partial charge is 0.0761 e. The lowest BCUT2D eigenvalue weighted by Crippen LogP contribution is -2.28. The van der Waals surface area contributed by atoms with E-state index in [1.165, 1.54) is 11.1 Å². The minimum absolute atomic E-state index is 0.146. The number of nitrogens with one attached hydrogen (secondary N) is 1. The third-order valence-corrected chi connectivity index (χ3v) is 6.12. The average molecular weight is 385 g/mol. The number of likely N-dealkylation sites (N-methyl/N-ethyl adjacent to an activating group) is 1. The Balaban J connectivity index is 1.50. The number of rotatable bonds is 9. The Morgan fingerprint density at radius 3 is 2.89 bits per heavy atom. The summed E-state index contributed by atoms with van der Waals surface area (Å²) < 4.78 is 0. The second-order valence-electron chi connectivity index (χ2n) is 8.86. The van der Waals surface area contributed by atoms with Crippen molar-refractivity contribution in [3.8, 4) is 0 Å². The number of aliphatic hydroxyl groups is 2. The van der Waals surface area contributed by atoms with Crippen molar-refractivity contribution in [3.63, 3.8) is 0 Å². The zero-order valence-electron chi connectivity index (χ0n) is 17.5. The van der Waals surface area contributed by atoms with Gasteiger partial charge in [-0.3, -0.25) is 0 Å². The quantitative estimate of drug-likeness (QED) is 0.452. The van der Waals surface area contributed by atoms with Crippen LogP contribution in [-0.2, 0) is 6.42 Å². The van der Waals surface area contributed by atoms with Crippen molar-refractivity contribution < 1.29 is 10.2 Å². The normalized spacial score (nSPS) is 28.1. The lowest BCUT2D eigenvalue weighted by molar-refractivity contribution is 0.140. The molecule has 3 N–H and O–H groups in total. The Morgan fingerprint density at radius 1 is 1.32 bits per heavy atom. The van der Waals surface area contributed by atoms with E-state index in [0.717, 1.165) is 38.0 Å². The number of aryl methyl sites for hydroxylation is 1. The molecule has 2 aliphatic rings. The number of hydrogen-bond acceptors (Lipinski definition) is 4. The number of nitrogens with zero attached hydrogens (tertiary/aromatic N) is 1. The summed E-state index contributed by atoms with van der Waals surface area (Å²) in [6, 6.07) is 8.28. The van der Waals surface area contributed by atoms with Crippen LogP contribution in [0.1, 0.15) is 24.0 Å². The molecule has 0 unspecified atom stereocenters. The third-order valence-electron chi connectivity index (χ3n) is 6.12. The number of hydrogen-bond donors (Lipinski definition) is 3. The average Bonchev–Trinajstić information content (AvgIpc) is 3.13. The largest absolute Gasteiger partial charge is 0.392 e. The van der Waals surface area contributed by atoms with Gasteiger partial charge in [0, 0.05) is 32.0 Å². The Morgan fingerprint density at radius 2 is 2.14 bits per heavy atom. The summed E-state index contributed by atoms with van der Waals surface area (Å²) >= 11 is 0. The molecule has 0 heterocycles. The van der Waals surface area contributed by atoms with Gasteiger partial charge < -0.3 is 20.4 Å². The molecule has 1 aromatic carbocycles. The molecule has 0 amide bonds. The summed E-state index contributed by atoms with van der Waals surface area (Å²) in [5.74, 6) is 1.10. The highest BCUT2D eigenvalue weighted by Gasteiger charge is 2.43. The second kappa shape index (κ2) is 9.84. The van der Waals surface area contributed by atoms with E-state index in [0.29, 0.717) is 18.3 Å². The molecule has 1 fully saturated rings. The van der Waals surface area contributed by atoms with Crippen molar-refractivity contribution in [2.75, 3.05) is 33.7 Å². The summed E-state index contributed by atoms with van der Waals surface area (Å²) in [5.41, 5.74) is 3.83. The van der Waals surface area contributed by atoms with Crippen LogP contribution in [0.5, 0.6) is 0 Å². The van der Waals surface area contributed by atoms with E-state index in [1.807, 2.05) is 12.1 Å². The van der Waals surface area contributed by atoms with Gasteiger partial charge in [-0.25, -0.2) is 0 Å². The molecule has 0 saturated heterocycles. The fourth-order valence-electron chi connectivity index (χ4n) is 4.69. The summed E-state index contributed by atoms with van der Waals surface area (Å²) in [6.07, 6.45) is 8.07. The zero-order chi connectivity index (χ0) is 20.1. The maximum atomic E-state index is 10.5. The van der Waals surface area contributed by atoms with E-state index in [2.05, 4.69) is 61.6 Å². The van der Waals surface area contributed by atoms with Gasteiger partial charge in [-0.15, -0.1) is 0 Å². The highest BCUT2D eigenvalue weighted by Crippen LogP contribution is 2.47. The van der Waals surface area contributed by atoms with Crippen LogP contribution in [-0.4, -0.2) is 61.1 Å². The van der Waals surface area contributed by atoms with E-state index >= 15 is 0 Å². The van der Waals surface area contributed by atoms with E-state index in [1.54, 1.807) is 0 Å². The Hall–Kier alpha value is -1.46. The molecule has 3 rings (SSSR count). The zero-order valence-corrected chi connectivity index (χ0v) is 17.5. The summed E-state index contributed by atoms with van der Waals surface area (Å²) in [7, 11) is 4.18. The molecule has 0 bridgehead atoms. The van der Waals surface area contributed by atoms with Crippen LogP contribution in [0.25, 0.3) is 0 Å². The molecule has 28 heavy (non-hydrogen) atoms. The lowest BCUT2D eigenvalue weighted by atomic mass is 9.89. The molecule has 1 saturated carbocycles. The summed E-state index contributed by atoms with van der Waals surface area (Å²) in [6.45, 7) is 5.06. The van der Waals surface area contributed by atoms with Crippen molar-refractivity contribution in [3.05, 3.63) is 59.2 Å². The summed E-state index contributed by atoms with van der Waals surface area (Å²) in [4.78, 5) is 2.18. The predicted octanol–water partition coefficient (Wildman–Crippen LogP) is 2.55. The van der Waals surface area contributed by atoms with Crippen LogP contribution in [0.15, 0.2) is 48.1 Å². The van der Waals surface area contributed by atoms with Gasteiger partial charge in [0.2, 0.25) is 0 Å². The van der Waals surface area contributed by atoms with Crippen LogP contribution >= 0.6 is 0 Å². The fourth-order valence-corrected chi connectivity index (χ4v) is 4.69. The topological polar surface area (TPSA) is 55.7 Å². The molecule has 2 aliphatic carbocycles. The monoisotopic (exact) mass is 384 g/mol. The molecule has 0 spiro atoms. The minimum atomic E-state index is -0.505. The first-order chi connectivity index (χ1) is 13.4. The molecule has 154 valence electrons. The van der Waals surface area contributed by atoms with Crippen molar-refractivity contribution in [2.24, 2.45) is 17.8 Å². The summed E-state index contributed by atoms with van der Waals surface area (Å²) in [5, 5.41) is 24.5. The van der Waals surface area contributed by atoms with Gasteiger partial charge in [0.25, 0.3) is 0 Å². The molecule has 0 radical (unpaired) electrons. The van der Waals surface area contributed by atoms with Crippen molar-refractivity contribution in [2.45, 2.75) is 38.4 Å². The first-order valence-electron chi connectivity index (χ1n) is 10.6. The van der Waals surface area contributed by atoms with Gasteiger partial charge in [0.1, 0.15) is 0 Å². The van der Waals surface area contributed by atoms with Gasteiger partial charge in [-0.1, -0.05) is 53.6 Å². The van der Waals surface area contributed by atoms with E-state index < -0.39 is 6.10 Å². The molecular weight excluding hydrogens is 348 g/mol. The van der Waals surface area contributed by atoms with E-state index in [9.17, 15) is 10.2 Å². The molecule has 4 heteroatoms. The lowest BCUT2D eigenvalue weighted by Gasteiger charge is -2.19. The van der Waals surface area contributed by atoms with Crippen LogP contribution in [0.3, 0.4) is 0 Å². The van der Waals surface area contributed by atoms with E-state index in [-0.39, 0.29) is 12.0 Å². The maximum Gasteiger partial charge on any atom is 0.0761 e. The molecule has 1 aromatic rings. The standard InChI is InChI=1S/C24H36N2O2/c1-17-5-4-6-18(11-17)13-21(27)7-8-22-23-14-19(12-20(23)15-24(22)28)16-25-9-10-26(2)3/h4-8,11-12,20-25,27-28H,9-10,13-16H2,1-3H3/b8-7+/t20-,21-,22+,23-,24+/m0/s1. The maximum absolute atomic E-state index is 10.5. The van der Waals surface area contributed by atoms with Gasteiger partial charge in [0.05, 0.1) is 12.2 Å². The second-order valence-corrected chi connectivity index (χ2v) is 8.86. The number of fused-ring (bicyclic) bond motifs is 1. The van der Waals surface area contributed by atoms with E-state index in [4.69, 9.17) is 0 Å². The first kappa shape index (κ1) is 21.3. The SMILES string of the molecule is Cc1cccc(C[C@@H](O)/C=C/[C@@H]2[C@H]3CC(CNCCN(C)C)=C[C@H]3C[C@H]2O)c1. The number of allylic oxidation sites excluding steroid dienone is 1. The van der Waals surface area contributed by atoms with Crippen LogP contribution in [0.2, 0.25) is 0 Å². The van der Waals surface area contributed by atoms with Gasteiger partial charge in [-0.05, 0) is 51.3 Å². The third kappa shape index (κ3) is 5.77. The predicted molar refractivity (Wildman–Crippen MR) is 115 cm³/mol. The Labute approximate surface area is 170 Å². The first-order valence-corrected chi connectivity index (χ1v) is 10.6. The van der Waals surface area contributed by atoms with Crippen LogP contribution < -0.4 is 5.32 Å². The van der Waals surface area contributed by atoms with Crippen molar-refractivity contribution >= 4 is 0 Å². The minimum Gasteiger partial charge on any atom is -0.392 e. The molecule has 0 aliphatic heterocycles. The Bertz CT molecular complexity index is 698. The Kier molecular flexibility index (Phi) is 7.47. The van der Waals surface area contributed by atoms with Crippen LogP contribution in [0.4, 0.5) is 0 Å². The van der Waals surface area contributed by atoms with Gasteiger partial charge >= 0.3 is 0 Å². The number of aliphatic hydroxyl groups excluding tert-OH is 2. The number of benzene rings is 1. The van der Waals surface area contributed by atoms with Gasteiger partial charge in [0.15, 0.2) is 0 Å². The van der Waals surface area contributed by atoms with Crippen LogP contribution in [0, 0.1) is 24.7 Å². The highest BCUT2D eigenvalue weighted by molar-refractivity contribution is 5.24. The molecule has 5 atom stereocenters.